The van der Waals surface area contributed by atoms with Crippen molar-refractivity contribution < 1.29 is 0 Å². The smallest absolute Gasteiger partial charge is 0.0349 e. The Labute approximate surface area is 133 Å². The monoisotopic (exact) mass is 360 g/mol. The number of nitrogens with two attached hydrogens (primary N) is 1. The predicted octanol–water partition coefficient (Wildman–Crippen LogP) is 3.84. The average molecular weight is 361 g/mol. The van der Waals surface area contributed by atoms with Gasteiger partial charge in [0, 0.05) is 26.9 Å². The zero-order chi connectivity index (χ0) is 14.0. The summed E-state index contributed by atoms with van der Waals surface area (Å²) in [5.74, 6) is 0.631. The van der Waals surface area contributed by atoms with E-state index in [0.717, 1.165) is 13.1 Å². The molecule has 1 aliphatic heterocycles. The molecule has 1 aromatic carbocycles. The molecule has 0 aliphatic carbocycles. The average Bonchev–Trinajstić information content (AvgIpc) is 2.79. The van der Waals surface area contributed by atoms with Crippen molar-refractivity contribution in [3.63, 3.8) is 0 Å². The van der Waals surface area contributed by atoms with Crippen LogP contribution in [0.5, 0.6) is 0 Å². The van der Waals surface area contributed by atoms with Crippen molar-refractivity contribution in [1.82, 2.24) is 4.90 Å². The number of halogens is 1. The molecular weight excluding hydrogens is 340 g/mol. The van der Waals surface area contributed by atoms with Crippen LogP contribution in [0.15, 0.2) is 26.4 Å². The lowest BCUT2D eigenvalue weighted by Gasteiger charge is -2.21. The molecule has 0 radical (unpaired) electrons. The van der Waals surface area contributed by atoms with Gasteiger partial charge in [-0.15, -0.1) is 23.5 Å². The molecule has 0 amide bonds. The van der Waals surface area contributed by atoms with Gasteiger partial charge in [-0.1, -0.05) is 0 Å². The maximum absolute atomic E-state index is 5.82. The summed E-state index contributed by atoms with van der Waals surface area (Å²) < 4.78 is 1.21. The Kier molecular flexibility index (Phi) is 5.66. The third-order valence-corrected chi connectivity index (χ3v) is 6.44. The van der Waals surface area contributed by atoms with Crippen LogP contribution in [0.1, 0.15) is 18.0 Å². The van der Waals surface area contributed by atoms with Crippen molar-refractivity contribution >= 4 is 39.5 Å². The predicted molar refractivity (Wildman–Crippen MR) is 90.2 cm³/mol. The van der Waals surface area contributed by atoms with E-state index >= 15 is 0 Å². The van der Waals surface area contributed by atoms with E-state index in [0.29, 0.717) is 12.0 Å². The topological polar surface area (TPSA) is 29.3 Å². The lowest BCUT2D eigenvalue weighted by atomic mass is 10.00. The molecule has 1 fully saturated rings. The summed E-state index contributed by atoms with van der Waals surface area (Å²) in [6.45, 7) is 1.90. The third kappa shape index (κ3) is 3.32. The zero-order valence-corrected chi connectivity index (χ0v) is 14.9. The molecule has 106 valence electrons. The first kappa shape index (κ1) is 15.7. The van der Waals surface area contributed by atoms with Crippen LogP contribution in [0.25, 0.3) is 0 Å². The van der Waals surface area contributed by atoms with Gasteiger partial charge in [0.15, 0.2) is 0 Å². The summed E-state index contributed by atoms with van der Waals surface area (Å²) in [6.07, 6.45) is 5.45. The van der Waals surface area contributed by atoms with E-state index in [4.69, 9.17) is 5.73 Å². The molecule has 2 N–H and O–H groups in total. The highest BCUT2D eigenvalue weighted by atomic mass is 79.9. The van der Waals surface area contributed by atoms with Gasteiger partial charge in [0.1, 0.15) is 0 Å². The van der Waals surface area contributed by atoms with Crippen LogP contribution in [0.3, 0.4) is 0 Å². The number of benzene rings is 1. The van der Waals surface area contributed by atoms with Crippen LogP contribution in [0.2, 0.25) is 0 Å². The summed E-state index contributed by atoms with van der Waals surface area (Å²) in [5.41, 5.74) is 7.23. The Balaban J connectivity index is 2.33. The maximum Gasteiger partial charge on any atom is 0.0349 e. The first-order valence-corrected chi connectivity index (χ1v) is 9.66. The fraction of sp³-hybridized carbons (Fsp3) is 0.571. The van der Waals surface area contributed by atoms with Crippen LogP contribution < -0.4 is 5.73 Å². The normalized spacial score (nSPS) is 24.1. The van der Waals surface area contributed by atoms with Crippen LogP contribution in [0, 0.1) is 5.92 Å². The van der Waals surface area contributed by atoms with Gasteiger partial charge in [-0.2, -0.15) is 0 Å². The second kappa shape index (κ2) is 6.85. The van der Waals surface area contributed by atoms with Crippen molar-refractivity contribution in [2.75, 3.05) is 32.6 Å². The van der Waals surface area contributed by atoms with Crippen molar-refractivity contribution in [3.05, 3.63) is 22.2 Å². The van der Waals surface area contributed by atoms with E-state index < -0.39 is 0 Å². The molecule has 1 aliphatic rings. The molecule has 1 saturated heterocycles. The minimum Gasteiger partial charge on any atom is -0.330 e. The third-order valence-electron chi connectivity index (χ3n) is 3.81. The molecule has 5 heteroatoms. The second-order valence-corrected chi connectivity index (χ2v) is 7.55. The van der Waals surface area contributed by atoms with Gasteiger partial charge < -0.3 is 5.73 Å². The molecule has 19 heavy (non-hydrogen) atoms. The summed E-state index contributed by atoms with van der Waals surface area (Å²) in [4.78, 5) is 5.14. The SMILES string of the molecule is CSc1cc(C2CC(CN)CN2C)cc(Br)c1SC. The van der Waals surface area contributed by atoms with Crippen LogP contribution in [0.4, 0.5) is 0 Å². The molecule has 1 heterocycles. The Bertz CT molecular complexity index is 453. The Morgan fingerprint density at radius 3 is 2.63 bits per heavy atom. The maximum atomic E-state index is 5.82. The van der Waals surface area contributed by atoms with E-state index in [1.807, 2.05) is 11.8 Å². The molecule has 0 bridgehead atoms. The summed E-state index contributed by atoms with van der Waals surface area (Å²) in [6, 6.07) is 5.14. The van der Waals surface area contributed by atoms with Gasteiger partial charge in [0.25, 0.3) is 0 Å². The van der Waals surface area contributed by atoms with E-state index in [1.165, 1.54) is 26.2 Å². The van der Waals surface area contributed by atoms with Crippen molar-refractivity contribution in [1.29, 1.82) is 0 Å². The molecule has 0 aromatic heterocycles. The molecule has 1 aromatic rings. The molecular formula is C14H21BrN2S2. The molecule has 0 spiro atoms. The number of likely N-dealkylation sites (tertiary alicyclic amines) is 1. The van der Waals surface area contributed by atoms with Gasteiger partial charge in [-0.25, -0.2) is 0 Å². The number of hydrogen-bond acceptors (Lipinski definition) is 4. The lowest BCUT2D eigenvalue weighted by molar-refractivity contribution is 0.313. The lowest BCUT2D eigenvalue weighted by Crippen LogP contribution is -2.20. The van der Waals surface area contributed by atoms with E-state index in [2.05, 4.69) is 52.5 Å². The van der Waals surface area contributed by atoms with Crippen molar-refractivity contribution in [3.8, 4) is 0 Å². The molecule has 2 nitrogen and oxygen atoms in total. The molecule has 2 unspecified atom stereocenters. The fourth-order valence-corrected chi connectivity index (χ4v) is 5.45. The first-order valence-electron chi connectivity index (χ1n) is 6.42. The van der Waals surface area contributed by atoms with E-state index in [9.17, 15) is 0 Å². The number of nitrogens with zero attached hydrogens (tertiary/aromatic N) is 1. The van der Waals surface area contributed by atoms with Gasteiger partial charge in [0.2, 0.25) is 0 Å². The summed E-state index contributed by atoms with van der Waals surface area (Å²) in [5, 5.41) is 0. The van der Waals surface area contributed by atoms with Gasteiger partial charge in [0.05, 0.1) is 0 Å². The standard InChI is InChI=1S/C14H21BrN2S2/c1-17-8-9(7-16)4-12(17)10-5-11(15)14(19-3)13(6-10)18-2/h5-6,9,12H,4,7-8,16H2,1-3H3. The second-order valence-electron chi connectivity index (χ2n) is 5.03. The quantitative estimate of drug-likeness (QED) is 0.825. The molecule has 0 saturated carbocycles. The molecule has 2 rings (SSSR count). The Hall–Kier alpha value is 0.320. The zero-order valence-electron chi connectivity index (χ0n) is 11.6. The van der Waals surface area contributed by atoms with Gasteiger partial charge in [-0.3, -0.25) is 4.90 Å². The number of hydrogen-bond donors (Lipinski definition) is 1. The summed E-state index contributed by atoms with van der Waals surface area (Å²) in [7, 11) is 2.20. The van der Waals surface area contributed by atoms with Crippen LogP contribution >= 0.6 is 39.5 Å². The minimum absolute atomic E-state index is 0.506. The van der Waals surface area contributed by atoms with Gasteiger partial charge >= 0.3 is 0 Å². The number of thioether (sulfide) groups is 2. The Morgan fingerprint density at radius 2 is 2.11 bits per heavy atom. The van der Waals surface area contributed by atoms with Crippen LogP contribution in [-0.2, 0) is 0 Å². The number of rotatable bonds is 4. The summed E-state index contributed by atoms with van der Waals surface area (Å²) >= 11 is 7.34. The van der Waals surface area contributed by atoms with Crippen LogP contribution in [-0.4, -0.2) is 37.5 Å². The largest absolute Gasteiger partial charge is 0.330 e. The molecule has 2 atom stereocenters. The van der Waals surface area contributed by atoms with E-state index in [-0.39, 0.29) is 0 Å². The van der Waals surface area contributed by atoms with Crippen molar-refractivity contribution in [2.24, 2.45) is 11.7 Å². The van der Waals surface area contributed by atoms with Gasteiger partial charge in [-0.05, 0) is 72.1 Å². The Morgan fingerprint density at radius 1 is 1.37 bits per heavy atom. The first-order chi connectivity index (χ1) is 9.10. The fourth-order valence-electron chi connectivity index (χ4n) is 2.80. The highest BCUT2D eigenvalue weighted by Crippen LogP contribution is 2.41. The minimum atomic E-state index is 0.506. The highest BCUT2D eigenvalue weighted by molar-refractivity contribution is 9.10. The van der Waals surface area contributed by atoms with E-state index in [1.54, 1.807) is 11.8 Å². The van der Waals surface area contributed by atoms with Crippen molar-refractivity contribution in [2.45, 2.75) is 22.3 Å². The highest BCUT2D eigenvalue weighted by Gasteiger charge is 2.30.